The molecule has 1 aromatic carbocycles. The molecule has 31 heavy (non-hydrogen) atoms. The van der Waals surface area contributed by atoms with Crippen molar-refractivity contribution in [3.63, 3.8) is 0 Å². The summed E-state index contributed by atoms with van der Waals surface area (Å²) in [5.74, 6) is 2.16. The number of aryl methyl sites for hydroxylation is 1. The van der Waals surface area contributed by atoms with E-state index in [1.165, 1.54) is 11.3 Å². The number of ether oxygens (including phenoxy) is 3. The van der Waals surface area contributed by atoms with Gasteiger partial charge in [0.15, 0.2) is 11.5 Å². The summed E-state index contributed by atoms with van der Waals surface area (Å²) in [5, 5.41) is 3.99. The van der Waals surface area contributed by atoms with Gasteiger partial charge in [0.2, 0.25) is 0 Å². The fraction of sp³-hybridized carbons (Fsp3) is 0.409. The predicted molar refractivity (Wildman–Crippen MR) is 121 cm³/mol. The molecule has 0 atom stereocenters. The monoisotopic (exact) mass is 442 g/mol. The lowest BCUT2D eigenvalue weighted by atomic mass is 10.1. The molecule has 1 N–H and O–H groups in total. The van der Waals surface area contributed by atoms with Gasteiger partial charge in [0.1, 0.15) is 17.0 Å². The second kappa shape index (κ2) is 9.49. The summed E-state index contributed by atoms with van der Waals surface area (Å²) in [6.07, 6.45) is 2.26. The molecule has 0 unspecified atom stereocenters. The number of methoxy groups -OCH3 is 2. The van der Waals surface area contributed by atoms with Crippen molar-refractivity contribution in [2.24, 2.45) is 0 Å². The summed E-state index contributed by atoms with van der Waals surface area (Å²) in [4.78, 5) is 25.5. The second-order valence-corrected chi connectivity index (χ2v) is 8.23. The minimum atomic E-state index is -0.0890. The van der Waals surface area contributed by atoms with Crippen LogP contribution in [0.1, 0.15) is 20.8 Å². The molecule has 1 amide bonds. The van der Waals surface area contributed by atoms with Crippen LogP contribution >= 0.6 is 11.3 Å². The van der Waals surface area contributed by atoms with Gasteiger partial charge in [0.05, 0.1) is 37.7 Å². The van der Waals surface area contributed by atoms with E-state index in [2.05, 4.69) is 20.2 Å². The molecule has 3 aromatic rings. The molecule has 2 aromatic heterocycles. The number of benzene rings is 1. The number of amides is 1. The smallest absolute Gasteiger partial charge is 0.261 e. The van der Waals surface area contributed by atoms with Gasteiger partial charge in [-0.25, -0.2) is 9.97 Å². The molecule has 164 valence electrons. The average molecular weight is 443 g/mol. The third kappa shape index (κ3) is 4.42. The van der Waals surface area contributed by atoms with E-state index in [0.717, 1.165) is 40.3 Å². The van der Waals surface area contributed by atoms with Crippen molar-refractivity contribution in [1.82, 2.24) is 15.3 Å². The van der Waals surface area contributed by atoms with E-state index in [1.807, 2.05) is 25.1 Å². The number of rotatable bonds is 7. The molecular weight excluding hydrogens is 416 g/mol. The van der Waals surface area contributed by atoms with E-state index in [1.54, 1.807) is 20.5 Å². The summed E-state index contributed by atoms with van der Waals surface area (Å²) in [5.41, 5.74) is 1.98. The molecule has 0 bridgehead atoms. The minimum absolute atomic E-state index is 0.0890. The van der Waals surface area contributed by atoms with Crippen molar-refractivity contribution < 1.29 is 19.0 Å². The van der Waals surface area contributed by atoms with E-state index in [4.69, 9.17) is 14.2 Å². The van der Waals surface area contributed by atoms with Crippen LogP contribution in [0.25, 0.3) is 10.2 Å². The number of carbonyl (C=O) groups is 1. The number of carbonyl (C=O) groups excluding carboxylic acids is 1. The number of hydrogen-bond acceptors (Lipinski definition) is 8. The van der Waals surface area contributed by atoms with Crippen LogP contribution < -0.4 is 19.7 Å². The van der Waals surface area contributed by atoms with E-state index < -0.39 is 0 Å². The van der Waals surface area contributed by atoms with Crippen LogP contribution in [0.5, 0.6) is 11.5 Å². The predicted octanol–water partition coefficient (Wildman–Crippen LogP) is 2.83. The molecule has 0 aliphatic carbocycles. The molecule has 1 aliphatic heterocycles. The van der Waals surface area contributed by atoms with Crippen LogP contribution in [0, 0.1) is 6.92 Å². The van der Waals surface area contributed by atoms with E-state index in [0.29, 0.717) is 42.6 Å². The van der Waals surface area contributed by atoms with Crippen LogP contribution in [0.3, 0.4) is 0 Å². The summed E-state index contributed by atoms with van der Waals surface area (Å²) in [6.45, 7) is 5.41. The summed E-state index contributed by atoms with van der Waals surface area (Å²) >= 11 is 1.41. The highest BCUT2D eigenvalue weighted by atomic mass is 32.1. The van der Waals surface area contributed by atoms with Gasteiger partial charge < -0.3 is 24.4 Å². The van der Waals surface area contributed by atoms with Crippen LogP contribution in [0.4, 0.5) is 5.82 Å². The highest BCUT2D eigenvalue weighted by molar-refractivity contribution is 7.20. The van der Waals surface area contributed by atoms with Gasteiger partial charge in [-0.2, -0.15) is 0 Å². The Bertz CT molecular complexity index is 1080. The number of hydrogen-bond donors (Lipinski definition) is 1. The van der Waals surface area contributed by atoms with Gasteiger partial charge in [0.25, 0.3) is 5.91 Å². The highest BCUT2D eigenvalue weighted by Gasteiger charge is 2.22. The van der Waals surface area contributed by atoms with Crippen molar-refractivity contribution >= 4 is 33.3 Å². The largest absolute Gasteiger partial charge is 0.493 e. The maximum atomic E-state index is 12.9. The lowest BCUT2D eigenvalue weighted by Gasteiger charge is -2.28. The van der Waals surface area contributed by atoms with Crippen LogP contribution in [0.2, 0.25) is 0 Å². The third-order valence-corrected chi connectivity index (χ3v) is 6.57. The number of aromatic nitrogens is 2. The first-order valence-corrected chi connectivity index (χ1v) is 11.0. The Hall–Kier alpha value is -2.91. The van der Waals surface area contributed by atoms with Crippen molar-refractivity contribution in [2.75, 3.05) is 52.0 Å². The molecule has 1 fully saturated rings. The lowest BCUT2D eigenvalue weighted by molar-refractivity contribution is 0.0957. The fourth-order valence-corrected chi connectivity index (χ4v) is 4.78. The lowest BCUT2D eigenvalue weighted by Crippen LogP contribution is -2.36. The molecule has 0 radical (unpaired) electrons. The topological polar surface area (TPSA) is 85.8 Å². The van der Waals surface area contributed by atoms with E-state index >= 15 is 0 Å². The van der Waals surface area contributed by atoms with Gasteiger partial charge in [-0.05, 0) is 36.6 Å². The first-order valence-electron chi connectivity index (χ1n) is 10.2. The molecule has 1 saturated heterocycles. The first kappa shape index (κ1) is 21.3. The minimum Gasteiger partial charge on any atom is -0.493 e. The van der Waals surface area contributed by atoms with E-state index in [-0.39, 0.29) is 5.91 Å². The van der Waals surface area contributed by atoms with Crippen LogP contribution in [-0.2, 0) is 11.2 Å². The normalized spacial score (nSPS) is 14.0. The average Bonchev–Trinajstić information content (AvgIpc) is 3.16. The number of anilines is 1. The first-order chi connectivity index (χ1) is 15.1. The number of fused-ring (bicyclic) bond motifs is 1. The van der Waals surface area contributed by atoms with Gasteiger partial charge >= 0.3 is 0 Å². The van der Waals surface area contributed by atoms with Crippen LogP contribution in [-0.4, -0.2) is 62.9 Å². The van der Waals surface area contributed by atoms with Gasteiger partial charge in [-0.3, -0.25) is 4.79 Å². The zero-order chi connectivity index (χ0) is 21.8. The molecule has 3 heterocycles. The summed E-state index contributed by atoms with van der Waals surface area (Å²) < 4.78 is 16.1. The maximum absolute atomic E-state index is 12.9. The summed E-state index contributed by atoms with van der Waals surface area (Å²) in [6, 6.07) is 5.78. The molecule has 8 nitrogen and oxygen atoms in total. The van der Waals surface area contributed by atoms with Gasteiger partial charge in [-0.1, -0.05) is 6.07 Å². The Morgan fingerprint density at radius 2 is 1.97 bits per heavy atom. The van der Waals surface area contributed by atoms with Gasteiger partial charge in [-0.15, -0.1) is 11.3 Å². The molecular formula is C22H26N4O4S. The number of nitrogens with zero attached hydrogens (tertiary/aromatic N) is 3. The quantitative estimate of drug-likeness (QED) is 0.602. The molecule has 0 saturated carbocycles. The van der Waals surface area contributed by atoms with E-state index in [9.17, 15) is 4.79 Å². The Balaban J connectivity index is 1.47. The molecule has 1 aliphatic rings. The van der Waals surface area contributed by atoms with Crippen LogP contribution in [0.15, 0.2) is 24.5 Å². The Labute approximate surface area is 185 Å². The number of morpholine rings is 1. The second-order valence-electron chi connectivity index (χ2n) is 7.23. The summed E-state index contributed by atoms with van der Waals surface area (Å²) in [7, 11) is 3.22. The number of thiophene rings is 1. The van der Waals surface area contributed by atoms with Gasteiger partial charge in [0, 0.05) is 19.6 Å². The van der Waals surface area contributed by atoms with Crippen molar-refractivity contribution in [3.05, 3.63) is 40.5 Å². The molecule has 0 spiro atoms. The third-order valence-electron chi connectivity index (χ3n) is 5.37. The zero-order valence-corrected chi connectivity index (χ0v) is 18.8. The fourth-order valence-electron chi connectivity index (χ4n) is 3.72. The maximum Gasteiger partial charge on any atom is 0.261 e. The Kier molecular flexibility index (Phi) is 6.53. The SMILES string of the molecule is COc1ccc(CCNC(=O)c2sc3ncnc(N4CCOCC4)c3c2C)cc1OC. The van der Waals surface area contributed by atoms with Crippen molar-refractivity contribution in [1.29, 1.82) is 0 Å². The standard InChI is InChI=1S/C22H26N4O4S/c1-14-18-20(26-8-10-30-11-9-26)24-13-25-22(18)31-19(14)21(27)23-7-6-15-4-5-16(28-2)17(12-15)29-3/h4-5,12-13H,6-11H2,1-3H3,(H,23,27). The Morgan fingerprint density at radius 1 is 1.19 bits per heavy atom. The molecule has 9 heteroatoms. The zero-order valence-electron chi connectivity index (χ0n) is 17.9. The highest BCUT2D eigenvalue weighted by Crippen LogP contribution is 2.35. The molecule has 4 rings (SSSR count). The van der Waals surface area contributed by atoms with Crippen molar-refractivity contribution in [3.8, 4) is 11.5 Å². The number of nitrogens with one attached hydrogen (secondary N) is 1. The van der Waals surface area contributed by atoms with Crippen molar-refractivity contribution in [2.45, 2.75) is 13.3 Å². The Morgan fingerprint density at radius 3 is 2.71 bits per heavy atom.